The summed E-state index contributed by atoms with van der Waals surface area (Å²) in [5.74, 6) is 0.178. The largest absolute Gasteiger partial charge is 0.343 e. The highest BCUT2D eigenvalue weighted by Crippen LogP contribution is 2.14. The molecule has 0 bridgehead atoms. The third-order valence-electron chi connectivity index (χ3n) is 4.99. The Bertz CT molecular complexity index is 392. The van der Waals surface area contributed by atoms with Crippen LogP contribution in [0.25, 0.3) is 0 Å². The van der Waals surface area contributed by atoms with Gasteiger partial charge in [0.2, 0.25) is 5.91 Å². The maximum absolute atomic E-state index is 12.3. The number of hydrogen-bond acceptors (Lipinski definition) is 3. The molecule has 2 saturated heterocycles. The average Bonchev–Trinajstić information content (AvgIpc) is 2.84. The van der Waals surface area contributed by atoms with Crippen LogP contribution in [0.15, 0.2) is 0 Å². The molecule has 2 aliphatic heterocycles. The van der Waals surface area contributed by atoms with Gasteiger partial charge in [0, 0.05) is 45.2 Å². The summed E-state index contributed by atoms with van der Waals surface area (Å²) in [6.07, 6.45) is 7.27. The maximum atomic E-state index is 12.3. The van der Waals surface area contributed by atoms with E-state index < -0.39 is 0 Å². The third kappa shape index (κ3) is 5.68. The van der Waals surface area contributed by atoms with Crippen LogP contribution in [0, 0.1) is 0 Å². The lowest BCUT2D eigenvalue weighted by atomic mass is 10.1. The van der Waals surface area contributed by atoms with Crippen molar-refractivity contribution in [3.05, 3.63) is 0 Å². The second-order valence-corrected chi connectivity index (χ2v) is 6.98. The van der Waals surface area contributed by atoms with Gasteiger partial charge in [-0.1, -0.05) is 12.8 Å². The van der Waals surface area contributed by atoms with E-state index in [0.717, 1.165) is 51.9 Å². The van der Waals surface area contributed by atoms with Crippen LogP contribution in [-0.2, 0) is 4.79 Å². The van der Waals surface area contributed by atoms with E-state index in [1.807, 2.05) is 9.80 Å². The molecule has 1 unspecified atom stereocenters. The van der Waals surface area contributed by atoms with Crippen molar-refractivity contribution in [1.82, 2.24) is 20.0 Å². The van der Waals surface area contributed by atoms with Gasteiger partial charge in [0.25, 0.3) is 0 Å². The summed E-state index contributed by atoms with van der Waals surface area (Å²) in [7, 11) is 4.12. The number of urea groups is 1. The highest BCUT2D eigenvalue weighted by molar-refractivity contribution is 5.78. The average molecular weight is 324 g/mol. The summed E-state index contributed by atoms with van der Waals surface area (Å²) in [6.45, 7) is 3.79. The number of amides is 3. The zero-order valence-corrected chi connectivity index (χ0v) is 14.7. The topological polar surface area (TPSA) is 55.9 Å². The summed E-state index contributed by atoms with van der Waals surface area (Å²) < 4.78 is 0. The molecule has 0 radical (unpaired) electrons. The van der Waals surface area contributed by atoms with Gasteiger partial charge in [-0.2, -0.15) is 0 Å². The summed E-state index contributed by atoms with van der Waals surface area (Å²) >= 11 is 0. The lowest BCUT2D eigenvalue weighted by Crippen LogP contribution is -2.51. The van der Waals surface area contributed by atoms with Crippen molar-refractivity contribution in [3.8, 4) is 0 Å². The molecule has 0 aromatic rings. The van der Waals surface area contributed by atoms with E-state index in [0.29, 0.717) is 19.0 Å². The predicted molar refractivity (Wildman–Crippen MR) is 91.3 cm³/mol. The standard InChI is InChI=1S/C17H32N4O2/c1-19(2)15-8-7-13-21(14-15)17(23)18-10-9-16(22)20-11-5-3-4-6-12-20/h15H,3-14H2,1-2H3,(H,18,23). The molecule has 0 spiro atoms. The Balaban J connectivity index is 1.68. The minimum Gasteiger partial charge on any atom is -0.343 e. The molecule has 1 atom stereocenters. The SMILES string of the molecule is CN(C)C1CCCN(C(=O)NCCC(=O)N2CCCCCC2)C1. The second kappa shape index (κ2) is 9.11. The normalized spacial score (nSPS) is 22.8. The van der Waals surface area contributed by atoms with Gasteiger partial charge in [-0.05, 0) is 39.8 Å². The fraction of sp³-hybridized carbons (Fsp3) is 0.882. The number of hydrogen-bond donors (Lipinski definition) is 1. The van der Waals surface area contributed by atoms with Crippen molar-refractivity contribution in [2.45, 2.75) is 51.0 Å². The Morgan fingerprint density at radius 1 is 1.00 bits per heavy atom. The van der Waals surface area contributed by atoms with E-state index >= 15 is 0 Å². The Labute approximate surface area is 140 Å². The third-order valence-corrected chi connectivity index (χ3v) is 4.99. The Hall–Kier alpha value is -1.30. The lowest BCUT2D eigenvalue weighted by molar-refractivity contribution is -0.131. The molecule has 2 fully saturated rings. The van der Waals surface area contributed by atoms with Crippen LogP contribution >= 0.6 is 0 Å². The van der Waals surface area contributed by atoms with Crippen molar-refractivity contribution >= 4 is 11.9 Å². The smallest absolute Gasteiger partial charge is 0.317 e. The molecule has 23 heavy (non-hydrogen) atoms. The first kappa shape index (κ1) is 18.0. The molecule has 6 heteroatoms. The number of piperidine rings is 1. The second-order valence-electron chi connectivity index (χ2n) is 6.98. The first-order valence-corrected chi connectivity index (χ1v) is 9.05. The van der Waals surface area contributed by atoms with Gasteiger partial charge < -0.3 is 20.0 Å². The quantitative estimate of drug-likeness (QED) is 0.853. The lowest BCUT2D eigenvalue weighted by Gasteiger charge is -2.36. The Kier molecular flexibility index (Phi) is 7.15. The van der Waals surface area contributed by atoms with Gasteiger partial charge in [0.1, 0.15) is 0 Å². The summed E-state index contributed by atoms with van der Waals surface area (Å²) in [5, 5.41) is 2.92. The number of likely N-dealkylation sites (tertiary alicyclic amines) is 2. The minimum atomic E-state index is -0.0276. The van der Waals surface area contributed by atoms with Crippen molar-refractivity contribution < 1.29 is 9.59 Å². The number of rotatable bonds is 4. The Morgan fingerprint density at radius 3 is 2.30 bits per heavy atom. The number of carbonyl (C=O) groups is 2. The van der Waals surface area contributed by atoms with E-state index in [9.17, 15) is 9.59 Å². The Morgan fingerprint density at radius 2 is 1.65 bits per heavy atom. The molecule has 3 amide bonds. The van der Waals surface area contributed by atoms with Gasteiger partial charge in [0.15, 0.2) is 0 Å². The van der Waals surface area contributed by atoms with E-state index in [2.05, 4.69) is 24.3 Å². The molecule has 0 aromatic heterocycles. The van der Waals surface area contributed by atoms with Crippen molar-refractivity contribution in [2.24, 2.45) is 0 Å². The van der Waals surface area contributed by atoms with Crippen LogP contribution in [0.4, 0.5) is 4.79 Å². The van der Waals surface area contributed by atoms with Gasteiger partial charge >= 0.3 is 6.03 Å². The predicted octanol–water partition coefficient (Wildman–Crippen LogP) is 1.51. The fourth-order valence-corrected chi connectivity index (χ4v) is 3.43. The molecule has 0 saturated carbocycles. The molecule has 0 aliphatic carbocycles. The van der Waals surface area contributed by atoms with Crippen LogP contribution in [0.2, 0.25) is 0 Å². The first-order chi connectivity index (χ1) is 11.1. The van der Waals surface area contributed by atoms with E-state index in [-0.39, 0.29) is 11.9 Å². The summed E-state index contributed by atoms with van der Waals surface area (Å²) in [5.41, 5.74) is 0. The number of carbonyl (C=O) groups excluding carboxylic acids is 2. The first-order valence-electron chi connectivity index (χ1n) is 9.05. The number of likely N-dealkylation sites (N-methyl/N-ethyl adjacent to an activating group) is 1. The highest BCUT2D eigenvalue weighted by Gasteiger charge is 2.24. The number of nitrogens with one attached hydrogen (secondary N) is 1. The van der Waals surface area contributed by atoms with Crippen molar-refractivity contribution in [2.75, 3.05) is 46.8 Å². The van der Waals surface area contributed by atoms with Crippen LogP contribution in [0.1, 0.15) is 44.9 Å². The van der Waals surface area contributed by atoms with Crippen LogP contribution in [0.5, 0.6) is 0 Å². The van der Waals surface area contributed by atoms with Gasteiger partial charge in [0.05, 0.1) is 0 Å². The van der Waals surface area contributed by atoms with Crippen molar-refractivity contribution in [1.29, 1.82) is 0 Å². The van der Waals surface area contributed by atoms with Gasteiger partial charge in [-0.3, -0.25) is 4.79 Å². The monoisotopic (exact) mass is 324 g/mol. The minimum absolute atomic E-state index is 0.0276. The summed E-state index contributed by atoms with van der Waals surface area (Å²) in [4.78, 5) is 30.5. The maximum Gasteiger partial charge on any atom is 0.317 e. The number of nitrogens with zero attached hydrogens (tertiary/aromatic N) is 3. The van der Waals surface area contributed by atoms with Crippen LogP contribution in [0.3, 0.4) is 0 Å². The molecule has 6 nitrogen and oxygen atoms in total. The van der Waals surface area contributed by atoms with E-state index in [1.54, 1.807) is 0 Å². The van der Waals surface area contributed by atoms with Crippen LogP contribution < -0.4 is 5.32 Å². The zero-order chi connectivity index (χ0) is 16.7. The molecule has 2 rings (SSSR count). The van der Waals surface area contributed by atoms with Crippen molar-refractivity contribution in [3.63, 3.8) is 0 Å². The van der Waals surface area contributed by atoms with E-state index in [4.69, 9.17) is 0 Å². The molecule has 0 aromatic carbocycles. The van der Waals surface area contributed by atoms with Gasteiger partial charge in [-0.25, -0.2) is 4.79 Å². The fourth-order valence-electron chi connectivity index (χ4n) is 3.43. The zero-order valence-electron chi connectivity index (χ0n) is 14.7. The molecule has 1 N–H and O–H groups in total. The molecular formula is C17H32N4O2. The van der Waals surface area contributed by atoms with Gasteiger partial charge in [-0.15, -0.1) is 0 Å². The molecular weight excluding hydrogens is 292 g/mol. The molecule has 2 aliphatic rings. The van der Waals surface area contributed by atoms with Crippen LogP contribution in [-0.4, -0.2) is 79.5 Å². The van der Waals surface area contributed by atoms with E-state index in [1.165, 1.54) is 12.8 Å². The summed E-state index contributed by atoms with van der Waals surface area (Å²) in [6, 6.07) is 0.411. The molecule has 2 heterocycles. The highest BCUT2D eigenvalue weighted by atomic mass is 16.2. The molecule has 132 valence electrons.